The number of rotatable bonds is 5. The highest BCUT2D eigenvalue weighted by Crippen LogP contribution is 2.28. The molecule has 4 rings (SSSR count). The van der Waals surface area contributed by atoms with Crippen LogP contribution in [0.25, 0.3) is 0 Å². The average molecular weight is 322 g/mol. The van der Waals surface area contributed by atoms with Crippen LogP contribution in [0.2, 0.25) is 0 Å². The van der Waals surface area contributed by atoms with Crippen molar-refractivity contribution in [2.45, 2.75) is 25.6 Å². The van der Waals surface area contributed by atoms with Crippen molar-refractivity contribution in [1.82, 2.24) is 9.96 Å². The van der Waals surface area contributed by atoms with Gasteiger partial charge in [0.25, 0.3) is 0 Å². The SMILES string of the molecule is O=C1N(Cc2ccccc2)[C@H]2C=C[C@H](O2)N1OCc1ccccc1. The molecule has 2 bridgehead atoms. The minimum absolute atomic E-state index is 0.180. The number of hydroxylamine groups is 2. The van der Waals surface area contributed by atoms with Crippen LogP contribution < -0.4 is 0 Å². The van der Waals surface area contributed by atoms with E-state index in [1.165, 1.54) is 5.06 Å². The molecule has 5 nitrogen and oxygen atoms in total. The second-order valence-corrected chi connectivity index (χ2v) is 5.78. The molecule has 2 aliphatic rings. The van der Waals surface area contributed by atoms with Gasteiger partial charge in [0.1, 0.15) is 6.61 Å². The summed E-state index contributed by atoms with van der Waals surface area (Å²) in [4.78, 5) is 20.2. The van der Waals surface area contributed by atoms with Crippen LogP contribution in [0.4, 0.5) is 4.79 Å². The van der Waals surface area contributed by atoms with E-state index in [1.807, 2.05) is 72.8 Å². The number of amides is 2. The molecule has 2 aromatic rings. The minimum Gasteiger partial charge on any atom is -0.325 e. The number of benzene rings is 2. The molecule has 2 aromatic carbocycles. The van der Waals surface area contributed by atoms with Gasteiger partial charge in [-0.1, -0.05) is 60.7 Å². The van der Waals surface area contributed by atoms with Gasteiger partial charge in [-0.05, 0) is 23.3 Å². The first-order valence-electron chi connectivity index (χ1n) is 7.96. The monoisotopic (exact) mass is 322 g/mol. The first kappa shape index (κ1) is 14.9. The molecule has 122 valence electrons. The number of urea groups is 1. The van der Waals surface area contributed by atoms with Crippen molar-refractivity contribution in [3.8, 4) is 0 Å². The van der Waals surface area contributed by atoms with Crippen LogP contribution in [0.1, 0.15) is 11.1 Å². The number of hydrogen-bond donors (Lipinski definition) is 0. The van der Waals surface area contributed by atoms with Gasteiger partial charge >= 0.3 is 6.03 Å². The molecule has 2 atom stereocenters. The Hall–Kier alpha value is -2.63. The Morgan fingerprint density at radius 2 is 1.50 bits per heavy atom. The van der Waals surface area contributed by atoms with Crippen LogP contribution in [0, 0.1) is 0 Å². The molecule has 0 unspecified atom stereocenters. The highest BCUT2D eigenvalue weighted by molar-refractivity contribution is 5.75. The first-order chi connectivity index (χ1) is 11.8. The van der Waals surface area contributed by atoms with Crippen LogP contribution in [0.3, 0.4) is 0 Å². The highest BCUT2D eigenvalue weighted by atomic mass is 16.7. The maximum Gasteiger partial charge on any atom is 0.349 e. The van der Waals surface area contributed by atoms with Crippen molar-refractivity contribution >= 4 is 6.03 Å². The zero-order chi connectivity index (χ0) is 16.4. The lowest BCUT2D eigenvalue weighted by molar-refractivity contribution is -0.252. The smallest absolute Gasteiger partial charge is 0.325 e. The minimum atomic E-state index is -0.460. The fourth-order valence-electron chi connectivity index (χ4n) is 2.86. The summed E-state index contributed by atoms with van der Waals surface area (Å²) in [5.74, 6) is 0. The number of ether oxygens (including phenoxy) is 1. The molecule has 0 radical (unpaired) electrons. The van der Waals surface area contributed by atoms with E-state index in [4.69, 9.17) is 9.57 Å². The number of carbonyl (C=O) groups excluding carboxylic acids is 1. The summed E-state index contributed by atoms with van der Waals surface area (Å²) in [5, 5.41) is 1.32. The van der Waals surface area contributed by atoms with Gasteiger partial charge in [0.2, 0.25) is 0 Å². The van der Waals surface area contributed by atoms with Gasteiger partial charge in [0.15, 0.2) is 12.5 Å². The molecule has 2 heterocycles. The average Bonchev–Trinajstić information content (AvgIpc) is 3.06. The van der Waals surface area contributed by atoms with Crippen molar-refractivity contribution < 1.29 is 14.4 Å². The fraction of sp³-hybridized carbons (Fsp3) is 0.211. The largest absolute Gasteiger partial charge is 0.349 e. The summed E-state index contributed by atoms with van der Waals surface area (Å²) in [7, 11) is 0. The van der Waals surface area contributed by atoms with Crippen molar-refractivity contribution in [2.75, 3.05) is 0 Å². The van der Waals surface area contributed by atoms with Crippen LogP contribution in [-0.2, 0) is 22.7 Å². The lowest BCUT2D eigenvalue weighted by atomic mass is 10.2. The Kier molecular flexibility index (Phi) is 4.02. The molecule has 24 heavy (non-hydrogen) atoms. The van der Waals surface area contributed by atoms with E-state index in [0.29, 0.717) is 13.2 Å². The molecular weight excluding hydrogens is 304 g/mol. The Morgan fingerprint density at radius 1 is 0.875 bits per heavy atom. The third-order valence-electron chi connectivity index (χ3n) is 4.10. The number of fused-ring (bicyclic) bond motifs is 2. The van der Waals surface area contributed by atoms with Gasteiger partial charge < -0.3 is 4.74 Å². The lowest BCUT2D eigenvalue weighted by Gasteiger charge is -2.39. The maximum absolute atomic E-state index is 12.8. The standard InChI is InChI=1S/C19H18N2O3/c22-19-20(13-15-7-3-1-4-8-15)17-11-12-18(24-17)21(19)23-14-16-9-5-2-6-10-16/h1-12,17-18H,13-14H2/t17-,18+/m1/s1. The second kappa shape index (κ2) is 6.47. The molecule has 2 amide bonds. The summed E-state index contributed by atoms with van der Waals surface area (Å²) in [6.07, 6.45) is 2.97. The van der Waals surface area contributed by atoms with Crippen molar-refractivity contribution in [1.29, 1.82) is 0 Å². The molecule has 0 N–H and O–H groups in total. The number of nitrogens with zero attached hydrogens (tertiary/aromatic N) is 2. The maximum atomic E-state index is 12.8. The molecule has 0 aliphatic carbocycles. The predicted octanol–water partition coefficient (Wildman–Crippen LogP) is 3.29. The second-order valence-electron chi connectivity index (χ2n) is 5.78. The van der Waals surface area contributed by atoms with Gasteiger partial charge in [0, 0.05) is 0 Å². The zero-order valence-electron chi connectivity index (χ0n) is 13.1. The molecule has 0 spiro atoms. The van der Waals surface area contributed by atoms with E-state index in [2.05, 4.69) is 0 Å². The number of hydrogen-bond acceptors (Lipinski definition) is 3. The van der Waals surface area contributed by atoms with Gasteiger partial charge in [-0.2, -0.15) is 5.06 Å². The van der Waals surface area contributed by atoms with Crippen molar-refractivity contribution in [2.24, 2.45) is 0 Å². The summed E-state index contributed by atoms with van der Waals surface area (Å²) in [6, 6.07) is 19.4. The van der Waals surface area contributed by atoms with Gasteiger partial charge in [-0.25, -0.2) is 4.79 Å². The van der Waals surface area contributed by atoms with Crippen LogP contribution in [0.5, 0.6) is 0 Å². The van der Waals surface area contributed by atoms with Crippen molar-refractivity contribution in [3.05, 3.63) is 83.9 Å². The van der Waals surface area contributed by atoms with E-state index in [1.54, 1.807) is 4.90 Å². The summed E-state index contributed by atoms with van der Waals surface area (Å²) < 4.78 is 5.85. The number of carbonyl (C=O) groups is 1. The van der Waals surface area contributed by atoms with Gasteiger partial charge in [-0.3, -0.25) is 9.74 Å². The predicted molar refractivity (Wildman–Crippen MR) is 88.3 cm³/mol. The zero-order valence-corrected chi connectivity index (χ0v) is 13.1. The molecule has 1 fully saturated rings. The third-order valence-corrected chi connectivity index (χ3v) is 4.10. The fourth-order valence-corrected chi connectivity index (χ4v) is 2.86. The topological polar surface area (TPSA) is 42.0 Å². The molecule has 0 aromatic heterocycles. The van der Waals surface area contributed by atoms with Gasteiger partial charge in [-0.15, -0.1) is 0 Å². The van der Waals surface area contributed by atoms with E-state index in [9.17, 15) is 4.79 Å². The van der Waals surface area contributed by atoms with E-state index >= 15 is 0 Å². The summed E-state index contributed by atoms with van der Waals surface area (Å²) >= 11 is 0. The normalized spacial score (nSPS) is 22.2. The Balaban J connectivity index is 1.48. The molecular formula is C19H18N2O3. The molecule has 1 saturated heterocycles. The summed E-state index contributed by atoms with van der Waals surface area (Å²) in [5.41, 5.74) is 2.06. The van der Waals surface area contributed by atoms with Gasteiger partial charge in [0.05, 0.1) is 6.54 Å². The first-order valence-corrected chi connectivity index (χ1v) is 7.96. The Labute approximate surface area is 140 Å². The quantitative estimate of drug-likeness (QED) is 0.793. The van der Waals surface area contributed by atoms with Crippen molar-refractivity contribution in [3.63, 3.8) is 0 Å². The van der Waals surface area contributed by atoms with E-state index < -0.39 is 6.23 Å². The molecule has 2 aliphatic heterocycles. The summed E-state index contributed by atoms with van der Waals surface area (Å²) in [6.45, 7) is 0.802. The van der Waals surface area contributed by atoms with Crippen LogP contribution >= 0.6 is 0 Å². The van der Waals surface area contributed by atoms with Crippen LogP contribution in [0.15, 0.2) is 72.8 Å². The Bertz CT molecular complexity index is 733. The van der Waals surface area contributed by atoms with E-state index in [0.717, 1.165) is 11.1 Å². The third kappa shape index (κ3) is 2.91. The molecule has 0 saturated carbocycles. The molecule has 5 heteroatoms. The van der Waals surface area contributed by atoms with E-state index in [-0.39, 0.29) is 12.3 Å². The van der Waals surface area contributed by atoms with Crippen LogP contribution in [-0.4, -0.2) is 28.5 Å². The Morgan fingerprint density at radius 3 is 2.21 bits per heavy atom. The lowest BCUT2D eigenvalue weighted by Crippen LogP contribution is -2.56. The highest BCUT2D eigenvalue weighted by Gasteiger charge is 2.42.